The summed E-state index contributed by atoms with van der Waals surface area (Å²) < 4.78 is 5.99. The fourth-order valence-electron chi connectivity index (χ4n) is 3.74. The van der Waals surface area contributed by atoms with Crippen molar-refractivity contribution < 1.29 is 9.21 Å². The Labute approximate surface area is 180 Å². The first kappa shape index (κ1) is 19.0. The molecule has 0 spiro atoms. The van der Waals surface area contributed by atoms with Gasteiger partial charge in [-0.3, -0.25) is 14.8 Å². The van der Waals surface area contributed by atoms with Gasteiger partial charge in [-0.15, -0.1) is 0 Å². The third-order valence-electron chi connectivity index (χ3n) is 5.34. The molecule has 0 saturated heterocycles. The highest BCUT2D eigenvalue weighted by Crippen LogP contribution is 2.22. The van der Waals surface area contributed by atoms with E-state index in [0.717, 1.165) is 28.7 Å². The maximum atomic E-state index is 13.5. The molecule has 5 nitrogen and oxygen atoms in total. The van der Waals surface area contributed by atoms with Crippen LogP contribution in [-0.2, 0) is 13.0 Å². The van der Waals surface area contributed by atoms with Gasteiger partial charge in [-0.25, -0.2) is 0 Å². The molecule has 5 aromatic rings. The van der Waals surface area contributed by atoms with Gasteiger partial charge in [-0.05, 0) is 42.3 Å². The van der Waals surface area contributed by atoms with Crippen LogP contribution >= 0.6 is 0 Å². The van der Waals surface area contributed by atoms with E-state index in [1.807, 2.05) is 65.6 Å². The summed E-state index contributed by atoms with van der Waals surface area (Å²) in [7, 11) is 0. The Balaban J connectivity index is 1.44. The molecule has 0 N–H and O–H groups in total. The van der Waals surface area contributed by atoms with Crippen molar-refractivity contribution in [1.29, 1.82) is 0 Å². The van der Waals surface area contributed by atoms with Crippen LogP contribution in [0.5, 0.6) is 0 Å². The standard InChI is InChI=1S/C26H21N3O2/c30-26(21-10-11-23-24(17-21)28-14-13-27-23)29(15-12-19-6-2-1-3-7-19)18-22-16-20-8-4-5-9-25(20)31-22/h1-11,13-14,16-17H,12,15,18H2. The number of hydrogen-bond acceptors (Lipinski definition) is 4. The van der Waals surface area contributed by atoms with Crippen molar-refractivity contribution in [3.63, 3.8) is 0 Å². The number of fused-ring (bicyclic) bond motifs is 2. The summed E-state index contributed by atoms with van der Waals surface area (Å²) >= 11 is 0. The third-order valence-corrected chi connectivity index (χ3v) is 5.34. The largest absolute Gasteiger partial charge is 0.459 e. The lowest BCUT2D eigenvalue weighted by molar-refractivity contribution is 0.0734. The van der Waals surface area contributed by atoms with Crippen molar-refractivity contribution in [3.8, 4) is 0 Å². The number of amides is 1. The Morgan fingerprint density at radius 2 is 1.61 bits per heavy atom. The summed E-state index contributed by atoms with van der Waals surface area (Å²) in [6, 6.07) is 25.5. The molecule has 0 atom stereocenters. The molecule has 0 fully saturated rings. The third kappa shape index (κ3) is 4.16. The highest BCUT2D eigenvalue weighted by molar-refractivity contribution is 5.97. The molecule has 0 aliphatic rings. The second kappa shape index (κ2) is 8.40. The maximum absolute atomic E-state index is 13.5. The molecule has 5 heteroatoms. The van der Waals surface area contributed by atoms with Crippen molar-refractivity contribution in [3.05, 3.63) is 108 Å². The van der Waals surface area contributed by atoms with Gasteiger partial charge in [0.2, 0.25) is 0 Å². The predicted octanol–water partition coefficient (Wildman–Crippen LogP) is 5.26. The number of rotatable bonds is 6. The van der Waals surface area contributed by atoms with E-state index in [0.29, 0.717) is 24.2 Å². The van der Waals surface area contributed by atoms with E-state index in [1.165, 1.54) is 5.56 Å². The van der Waals surface area contributed by atoms with Crippen LogP contribution in [-0.4, -0.2) is 27.3 Å². The van der Waals surface area contributed by atoms with Gasteiger partial charge in [-0.2, -0.15) is 0 Å². The van der Waals surface area contributed by atoms with E-state index in [2.05, 4.69) is 22.1 Å². The number of furan rings is 1. The second-order valence-electron chi connectivity index (χ2n) is 7.47. The number of aromatic nitrogens is 2. The summed E-state index contributed by atoms with van der Waals surface area (Å²) in [6.45, 7) is 0.983. The molecule has 0 bridgehead atoms. The highest BCUT2D eigenvalue weighted by Gasteiger charge is 2.19. The summed E-state index contributed by atoms with van der Waals surface area (Å²) in [6.07, 6.45) is 4.05. The smallest absolute Gasteiger partial charge is 0.254 e. The van der Waals surface area contributed by atoms with Crippen LogP contribution < -0.4 is 0 Å². The first-order valence-electron chi connectivity index (χ1n) is 10.3. The monoisotopic (exact) mass is 407 g/mol. The molecule has 5 rings (SSSR count). The predicted molar refractivity (Wildman–Crippen MR) is 121 cm³/mol. The minimum absolute atomic E-state index is 0.0519. The molecular weight excluding hydrogens is 386 g/mol. The first-order valence-corrected chi connectivity index (χ1v) is 10.3. The summed E-state index contributed by atoms with van der Waals surface area (Å²) in [5, 5.41) is 1.04. The van der Waals surface area contributed by atoms with Gasteiger partial charge in [0.15, 0.2) is 0 Å². The zero-order valence-corrected chi connectivity index (χ0v) is 16.9. The number of carbonyl (C=O) groups is 1. The Kier molecular flexibility index (Phi) is 5.15. The van der Waals surface area contributed by atoms with Crippen LogP contribution in [0.2, 0.25) is 0 Å². The van der Waals surface area contributed by atoms with Gasteiger partial charge in [0.1, 0.15) is 11.3 Å². The van der Waals surface area contributed by atoms with E-state index < -0.39 is 0 Å². The van der Waals surface area contributed by atoms with E-state index in [4.69, 9.17) is 4.42 Å². The zero-order valence-electron chi connectivity index (χ0n) is 16.9. The van der Waals surface area contributed by atoms with Gasteiger partial charge < -0.3 is 9.32 Å². The molecule has 31 heavy (non-hydrogen) atoms. The topological polar surface area (TPSA) is 59.2 Å². The van der Waals surface area contributed by atoms with Crippen LogP contribution in [0, 0.1) is 0 Å². The Morgan fingerprint density at radius 3 is 2.45 bits per heavy atom. The highest BCUT2D eigenvalue weighted by atomic mass is 16.3. The number of nitrogens with zero attached hydrogens (tertiary/aromatic N) is 3. The molecule has 2 heterocycles. The number of para-hydroxylation sites is 1. The first-order chi connectivity index (χ1) is 15.3. The summed E-state index contributed by atoms with van der Waals surface area (Å²) in [4.78, 5) is 23.9. The molecule has 0 unspecified atom stereocenters. The van der Waals surface area contributed by atoms with Crippen LogP contribution in [0.4, 0.5) is 0 Å². The van der Waals surface area contributed by atoms with Gasteiger partial charge in [0, 0.05) is 29.9 Å². The molecule has 0 aliphatic carbocycles. The molecule has 0 saturated carbocycles. The van der Waals surface area contributed by atoms with Crippen molar-refractivity contribution >= 4 is 27.9 Å². The maximum Gasteiger partial charge on any atom is 0.254 e. The Bertz CT molecular complexity index is 1310. The average molecular weight is 407 g/mol. The quantitative estimate of drug-likeness (QED) is 0.385. The van der Waals surface area contributed by atoms with Crippen molar-refractivity contribution in [1.82, 2.24) is 14.9 Å². The molecule has 3 aromatic carbocycles. The van der Waals surface area contributed by atoms with Gasteiger partial charge in [-0.1, -0.05) is 48.5 Å². The Morgan fingerprint density at radius 1 is 0.839 bits per heavy atom. The Hall–Kier alpha value is -3.99. The van der Waals surface area contributed by atoms with E-state index in [9.17, 15) is 4.79 Å². The van der Waals surface area contributed by atoms with Crippen molar-refractivity contribution in [2.45, 2.75) is 13.0 Å². The average Bonchev–Trinajstić information content (AvgIpc) is 3.24. The van der Waals surface area contributed by atoms with Crippen LogP contribution in [0.3, 0.4) is 0 Å². The van der Waals surface area contributed by atoms with Crippen molar-refractivity contribution in [2.75, 3.05) is 6.54 Å². The van der Waals surface area contributed by atoms with Gasteiger partial charge in [0.05, 0.1) is 17.6 Å². The van der Waals surface area contributed by atoms with Gasteiger partial charge in [0.25, 0.3) is 5.91 Å². The van der Waals surface area contributed by atoms with E-state index in [1.54, 1.807) is 18.5 Å². The summed E-state index contributed by atoms with van der Waals surface area (Å²) in [5.41, 5.74) is 4.09. The van der Waals surface area contributed by atoms with Gasteiger partial charge >= 0.3 is 0 Å². The molecular formula is C26H21N3O2. The van der Waals surface area contributed by atoms with Crippen molar-refractivity contribution in [2.24, 2.45) is 0 Å². The number of benzene rings is 3. The summed E-state index contributed by atoms with van der Waals surface area (Å²) in [5.74, 6) is 0.715. The fourth-order valence-corrected chi connectivity index (χ4v) is 3.74. The number of hydrogen-bond donors (Lipinski definition) is 0. The zero-order chi connectivity index (χ0) is 21.0. The van der Waals surface area contributed by atoms with Crippen LogP contribution in [0.15, 0.2) is 95.7 Å². The van der Waals surface area contributed by atoms with Crippen LogP contribution in [0.25, 0.3) is 22.0 Å². The molecule has 0 radical (unpaired) electrons. The second-order valence-corrected chi connectivity index (χ2v) is 7.47. The van der Waals surface area contributed by atoms with Crippen LogP contribution in [0.1, 0.15) is 21.7 Å². The fraction of sp³-hybridized carbons (Fsp3) is 0.115. The lowest BCUT2D eigenvalue weighted by Crippen LogP contribution is -2.32. The van der Waals surface area contributed by atoms with E-state index >= 15 is 0 Å². The SMILES string of the molecule is O=C(c1ccc2nccnc2c1)N(CCc1ccccc1)Cc1cc2ccccc2o1. The minimum atomic E-state index is -0.0519. The molecule has 1 amide bonds. The molecule has 0 aliphatic heterocycles. The normalized spacial score (nSPS) is 11.1. The number of carbonyl (C=O) groups excluding carboxylic acids is 1. The van der Waals surface area contributed by atoms with E-state index in [-0.39, 0.29) is 5.91 Å². The minimum Gasteiger partial charge on any atom is -0.459 e. The lowest BCUT2D eigenvalue weighted by Gasteiger charge is -2.22. The molecule has 152 valence electrons. The lowest BCUT2D eigenvalue weighted by atomic mass is 10.1. The molecule has 2 aromatic heterocycles.